The Morgan fingerprint density at radius 3 is 2.87 bits per heavy atom. The van der Waals surface area contributed by atoms with Crippen LogP contribution < -0.4 is 5.32 Å². The highest BCUT2D eigenvalue weighted by Crippen LogP contribution is 2.06. The second kappa shape index (κ2) is 7.34. The molecule has 0 unspecified atom stereocenters. The van der Waals surface area contributed by atoms with Crippen molar-refractivity contribution in [3.8, 4) is 5.82 Å². The van der Waals surface area contributed by atoms with Gasteiger partial charge in [-0.2, -0.15) is 0 Å². The summed E-state index contributed by atoms with van der Waals surface area (Å²) in [5.41, 5.74) is 0.558. The number of pyridine rings is 1. The lowest BCUT2D eigenvalue weighted by Crippen LogP contribution is -2.46. The molecule has 1 amide bonds. The van der Waals surface area contributed by atoms with Gasteiger partial charge >= 0.3 is 0 Å². The molecule has 7 heteroatoms. The van der Waals surface area contributed by atoms with E-state index in [2.05, 4.69) is 20.2 Å². The maximum Gasteiger partial charge on any atom is 0.253 e. The predicted molar refractivity (Wildman–Crippen MR) is 85.5 cm³/mol. The SMILES string of the molecule is C[C@@H](CN1CCOCC1)NC(=O)c1ccc(-n2ccnc2)nc1. The summed E-state index contributed by atoms with van der Waals surface area (Å²) in [7, 11) is 0. The molecule has 0 saturated carbocycles. The summed E-state index contributed by atoms with van der Waals surface area (Å²) < 4.78 is 7.12. The fourth-order valence-electron chi connectivity index (χ4n) is 2.59. The van der Waals surface area contributed by atoms with Crippen molar-refractivity contribution in [3.63, 3.8) is 0 Å². The second-order valence-corrected chi connectivity index (χ2v) is 5.66. The average molecular weight is 315 g/mol. The number of ether oxygens (including phenoxy) is 1. The molecule has 23 heavy (non-hydrogen) atoms. The van der Waals surface area contributed by atoms with Gasteiger partial charge in [0.25, 0.3) is 5.91 Å². The fraction of sp³-hybridized carbons (Fsp3) is 0.438. The van der Waals surface area contributed by atoms with Crippen molar-refractivity contribution in [1.82, 2.24) is 24.8 Å². The maximum atomic E-state index is 12.3. The van der Waals surface area contributed by atoms with Crippen molar-refractivity contribution >= 4 is 5.91 Å². The number of nitrogens with one attached hydrogen (secondary N) is 1. The molecule has 2 aromatic heterocycles. The molecular formula is C16H21N5O2. The number of nitrogens with zero attached hydrogens (tertiary/aromatic N) is 4. The maximum absolute atomic E-state index is 12.3. The van der Waals surface area contributed by atoms with Crippen LogP contribution in [0.3, 0.4) is 0 Å². The summed E-state index contributed by atoms with van der Waals surface area (Å²) in [4.78, 5) is 22.9. The lowest BCUT2D eigenvalue weighted by molar-refractivity contribution is 0.0342. The number of amides is 1. The Labute approximate surface area is 135 Å². The molecule has 122 valence electrons. The summed E-state index contributed by atoms with van der Waals surface area (Å²) in [5.74, 6) is 0.635. The van der Waals surface area contributed by atoms with Crippen LogP contribution in [0.4, 0.5) is 0 Å². The largest absolute Gasteiger partial charge is 0.379 e. The Bertz CT molecular complexity index is 620. The van der Waals surface area contributed by atoms with E-state index in [0.29, 0.717) is 5.56 Å². The molecule has 1 atom stereocenters. The zero-order chi connectivity index (χ0) is 16.1. The van der Waals surface area contributed by atoms with E-state index >= 15 is 0 Å². The normalized spacial score (nSPS) is 16.9. The second-order valence-electron chi connectivity index (χ2n) is 5.66. The van der Waals surface area contributed by atoms with Crippen LogP contribution in [0.25, 0.3) is 5.82 Å². The van der Waals surface area contributed by atoms with Gasteiger partial charge in [-0.15, -0.1) is 0 Å². The first-order chi connectivity index (χ1) is 11.2. The molecular weight excluding hydrogens is 294 g/mol. The first-order valence-electron chi connectivity index (χ1n) is 7.78. The van der Waals surface area contributed by atoms with E-state index in [1.165, 1.54) is 0 Å². The Kier molecular flexibility index (Phi) is 4.99. The minimum atomic E-state index is -0.101. The summed E-state index contributed by atoms with van der Waals surface area (Å²) in [6.45, 7) is 6.21. The van der Waals surface area contributed by atoms with Crippen molar-refractivity contribution in [3.05, 3.63) is 42.6 Å². The number of rotatable bonds is 5. The van der Waals surface area contributed by atoms with E-state index < -0.39 is 0 Å². The summed E-state index contributed by atoms with van der Waals surface area (Å²) in [5, 5.41) is 3.02. The Balaban J connectivity index is 1.55. The number of aromatic nitrogens is 3. The minimum absolute atomic E-state index is 0.0777. The van der Waals surface area contributed by atoms with Crippen LogP contribution in [-0.2, 0) is 4.74 Å². The lowest BCUT2D eigenvalue weighted by atomic mass is 10.2. The Hall–Kier alpha value is -2.25. The number of carbonyl (C=O) groups excluding carboxylic acids is 1. The van der Waals surface area contributed by atoms with Crippen LogP contribution in [0.2, 0.25) is 0 Å². The first-order valence-corrected chi connectivity index (χ1v) is 7.78. The van der Waals surface area contributed by atoms with E-state index in [4.69, 9.17) is 4.74 Å². The molecule has 0 bridgehead atoms. The zero-order valence-electron chi connectivity index (χ0n) is 13.2. The van der Waals surface area contributed by atoms with Crippen LogP contribution in [0.15, 0.2) is 37.1 Å². The zero-order valence-corrected chi connectivity index (χ0v) is 13.2. The molecule has 1 aliphatic heterocycles. The van der Waals surface area contributed by atoms with Crippen LogP contribution in [0, 0.1) is 0 Å². The molecule has 0 spiro atoms. The highest BCUT2D eigenvalue weighted by Gasteiger charge is 2.16. The van der Waals surface area contributed by atoms with Crippen molar-refractivity contribution in [2.75, 3.05) is 32.8 Å². The van der Waals surface area contributed by atoms with Gasteiger partial charge in [-0.25, -0.2) is 9.97 Å². The third-order valence-corrected chi connectivity index (χ3v) is 3.79. The van der Waals surface area contributed by atoms with Crippen molar-refractivity contribution in [2.24, 2.45) is 0 Å². The Morgan fingerprint density at radius 2 is 2.22 bits per heavy atom. The van der Waals surface area contributed by atoms with Crippen molar-refractivity contribution in [2.45, 2.75) is 13.0 Å². The smallest absolute Gasteiger partial charge is 0.253 e. The van der Waals surface area contributed by atoms with Crippen LogP contribution in [0.5, 0.6) is 0 Å². The number of carbonyl (C=O) groups is 1. The van der Waals surface area contributed by atoms with E-state index in [0.717, 1.165) is 38.7 Å². The van der Waals surface area contributed by atoms with Gasteiger partial charge in [0.05, 0.1) is 18.8 Å². The molecule has 2 aromatic rings. The van der Waals surface area contributed by atoms with Gasteiger partial charge in [0.2, 0.25) is 0 Å². The molecule has 1 fully saturated rings. The molecule has 0 aromatic carbocycles. The highest BCUT2D eigenvalue weighted by molar-refractivity contribution is 5.94. The lowest BCUT2D eigenvalue weighted by Gasteiger charge is -2.29. The molecule has 7 nitrogen and oxygen atoms in total. The van der Waals surface area contributed by atoms with Gasteiger partial charge in [-0.3, -0.25) is 14.3 Å². The minimum Gasteiger partial charge on any atom is -0.379 e. The fourth-order valence-corrected chi connectivity index (χ4v) is 2.59. The monoisotopic (exact) mass is 315 g/mol. The van der Waals surface area contributed by atoms with Crippen molar-refractivity contribution < 1.29 is 9.53 Å². The Morgan fingerprint density at radius 1 is 1.39 bits per heavy atom. The molecule has 1 saturated heterocycles. The number of imidazole rings is 1. The van der Waals surface area contributed by atoms with Gasteiger partial charge < -0.3 is 10.1 Å². The summed E-state index contributed by atoms with van der Waals surface area (Å²) in [6.07, 6.45) is 6.76. The van der Waals surface area contributed by atoms with Crippen LogP contribution in [0.1, 0.15) is 17.3 Å². The van der Waals surface area contributed by atoms with Gasteiger partial charge in [0.15, 0.2) is 0 Å². The first kappa shape index (κ1) is 15.6. The third kappa shape index (κ3) is 4.14. The molecule has 1 aliphatic rings. The van der Waals surface area contributed by atoms with E-state index in [9.17, 15) is 4.79 Å². The van der Waals surface area contributed by atoms with E-state index in [-0.39, 0.29) is 11.9 Å². The van der Waals surface area contributed by atoms with E-state index in [1.54, 1.807) is 29.4 Å². The van der Waals surface area contributed by atoms with Crippen LogP contribution >= 0.6 is 0 Å². The van der Waals surface area contributed by atoms with E-state index in [1.807, 2.05) is 19.2 Å². The molecule has 3 heterocycles. The van der Waals surface area contributed by atoms with Gasteiger partial charge in [0, 0.05) is 44.3 Å². The quantitative estimate of drug-likeness (QED) is 0.880. The number of morpholine rings is 1. The van der Waals surface area contributed by atoms with Gasteiger partial charge in [-0.1, -0.05) is 0 Å². The molecule has 0 aliphatic carbocycles. The number of hydrogen-bond acceptors (Lipinski definition) is 5. The molecule has 0 radical (unpaired) electrons. The van der Waals surface area contributed by atoms with Crippen molar-refractivity contribution in [1.29, 1.82) is 0 Å². The number of hydrogen-bond donors (Lipinski definition) is 1. The topological polar surface area (TPSA) is 72.3 Å². The standard InChI is InChI=1S/C16H21N5O2/c1-13(11-20-6-8-23-9-7-20)19-16(22)14-2-3-15(18-10-14)21-5-4-17-12-21/h2-5,10,12-13H,6-9,11H2,1H3,(H,19,22)/t13-/m0/s1. The predicted octanol–water partition coefficient (Wildman–Crippen LogP) is 0.718. The van der Waals surface area contributed by atoms with Gasteiger partial charge in [-0.05, 0) is 19.1 Å². The average Bonchev–Trinajstić information content (AvgIpc) is 3.10. The summed E-state index contributed by atoms with van der Waals surface area (Å²) in [6, 6.07) is 3.66. The third-order valence-electron chi connectivity index (χ3n) is 3.79. The molecule has 1 N–H and O–H groups in total. The van der Waals surface area contributed by atoms with Crippen LogP contribution in [-0.4, -0.2) is 64.2 Å². The highest BCUT2D eigenvalue weighted by atomic mass is 16.5. The summed E-state index contributed by atoms with van der Waals surface area (Å²) >= 11 is 0. The molecule has 3 rings (SSSR count). The van der Waals surface area contributed by atoms with Gasteiger partial charge in [0.1, 0.15) is 12.1 Å².